The summed E-state index contributed by atoms with van der Waals surface area (Å²) < 4.78 is 21.9. The highest BCUT2D eigenvalue weighted by molar-refractivity contribution is 5.96. The van der Waals surface area contributed by atoms with E-state index >= 15 is 0 Å². The third kappa shape index (κ3) is 9.24. The van der Waals surface area contributed by atoms with Crippen LogP contribution in [0.25, 0.3) is 0 Å². The number of ether oxygens (including phenoxy) is 4. The lowest BCUT2D eigenvalue weighted by Crippen LogP contribution is -2.24. The topological polar surface area (TPSA) is 105 Å². The summed E-state index contributed by atoms with van der Waals surface area (Å²) in [5, 5.41) is 0. The van der Waals surface area contributed by atoms with Crippen molar-refractivity contribution in [2.45, 2.75) is 58.3 Å². The quantitative estimate of drug-likeness (QED) is 0.164. The lowest BCUT2D eigenvalue weighted by atomic mass is 9.83. The minimum absolute atomic E-state index is 0.0481. The zero-order valence-corrected chi connectivity index (χ0v) is 24.7. The van der Waals surface area contributed by atoms with Crippen molar-refractivity contribution in [3.63, 3.8) is 0 Å². The number of hydrogen-bond acceptors (Lipinski definition) is 8. The number of esters is 3. The fourth-order valence-corrected chi connectivity index (χ4v) is 5.81. The zero-order chi connectivity index (χ0) is 29.9. The number of hydrogen-bond donors (Lipinski definition) is 0. The van der Waals surface area contributed by atoms with E-state index in [9.17, 15) is 19.2 Å². The Hall–Kier alpha value is -3.52. The van der Waals surface area contributed by atoms with Gasteiger partial charge in [-0.2, -0.15) is 0 Å². The van der Waals surface area contributed by atoms with Gasteiger partial charge in [0, 0.05) is 19.3 Å². The first kappa shape index (κ1) is 31.4. The van der Waals surface area contributed by atoms with E-state index in [1.807, 2.05) is 0 Å². The van der Waals surface area contributed by atoms with Crippen LogP contribution in [0.4, 0.5) is 0 Å². The fourth-order valence-electron chi connectivity index (χ4n) is 5.81. The van der Waals surface area contributed by atoms with Crippen LogP contribution in [0, 0.1) is 23.7 Å². The van der Waals surface area contributed by atoms with E-state index in [2.05, 4.69) is 0 Å². The Bertz CT molecular complexity index is 1200. The molecule has 4 rings (SSSR count). The molecule has 0 atom stereocenters. The highest BCUT2D eigenvalue weighted by atomic mass is 16.5. The number of carbonyl (C=O) groups excluding carboxylic acids is 4. The first-order valence-corrected chi connectivity index (χ1v) is 15.0. The Kier molecular flexibility index (Phi) is 11.7. The van der Waals surface area contributed by atoms with E-state index in [-0.39, 0.29) is 17.6 Å². The van der Waals surface area contributed by atoms with E-state index in [1.165, 1.54) is 6.92 Å². The third-order valence-corrected chi connectivity index (χ3v) is 8.55. The van der Waals surface area contributed by atoms with Crippen LogP contribution < -0.4 is 0 Å². The normalized spacial score (nSPS) is 22.1. The molecule has 2 aliphatic rings. The molecule has 2 saturated carbocycles. The molecule has 0 aromatic heterocycles. The van der Waals surface area contributed by atoms with E-state index in [0.29, 0.717) is 53.9 Å². The maximum atomic E-state index is 12.7. The van der Waals surface area contributed by atoms with Crippen LogP contribution in [-0.4, -0.2) is 57.2 Å². The maximum Gasteiger partial charge on any atom is 0.338 e. The van der Waals surface area contributed by atoms with Crippen molar-refractivity contribution in [1.29, 1.82) is 0 Å². The minimum atomic E-state index is -0.451. The molecule has 0 radical (unpaired) electrons. The Morgan fingerprint density at radius 3 is 1.29 bits per heavy atom. The Balaban J connectivity index is 1.14. The van der Waals surface area contributed by atoms with Gasteiger partial charge in [-0.1, -0.05) is 18.2 Å². The predicted molar refractivity (Wildman–Crippen MR) is 157 cm³/mol. The maximum absolute atomic E-state index is 12.7. The van der Waals surface area contributed by atoms with Crippen molar-refractivity contribution in [2.75, 3.05) is 33.5 Å². The number of methoxy groups -OCH3 is 1. The van der Waals surface area contributed by atoms with Crippen LogP contribution in [0.15, 0.2) is 48.5 Å². The molecule has 8 nitrogen and oxygen atoms in total. The molecule has 2 aromatic rings. The highest BCUT2D eigenvalue weighted by Crippen LogP contribution is 2.30. The first-order valence-electron chi connectivity index (χ1n) is 15.0. The van der Waals surface area contributed by atoms with Gasteiger partial charge in [0.2, 0.25) is 0 Å². The Morgan fingerprint density at radius 1 is 0.548 bits per heavy atom. The van der Waals surface area contributed by atoms with Gasteiger partial charge in [-0.05, 0) is 112 Å². The molecule has 0 unspecified atom stereocenters. The van der Waals surface area contributed by atoms with Gasteiger partial charge in [0.25, 0.3) is 0 Å². The number of rotatable bonds is 12. The average Bonchev–Trinajstić information content (AvgIpc) is 3.02. The molecule has 0 spiro atoms. The largest absolute Gasteiger partial charge is 0.462 e. The van der Waals surface area contributed by atoms with Crippen LogP contribution >= 0.6 is 0 Å². The number of carbonyl (C=O) groups is 4. The van der Waals surface area contributed by atoms with Gasteiger partial charge in [0.15, 0.2) is 5.78 Å². The summed E-state index contributed by atoms with van der Waals surface area (Å²) >= 11 is 0. The monoisotopic (exact) mass is 578 g/mol. The molecule has 0 saturated heterocycles. The molecular weight excluding hydrogens is 536 g/mol. The van der Waals surface area contributed by atoms with Crippen molar-refractivity contribution in [3.05, 3.63) is 70.8 Å². The van der Waals surface area contributed by atoms with Crippen molar-refractivity contribution in [3.8, 4) is 0 Å². The summed E-state index contributed by atoms with van der Waals surface area (Å²) in [4.78, 5) is 49.1. The summed E-state index contributed by atoms with van der Waals surface area (Å²) in [7, 11) is 1.73. The van der Waals surface area contributed by atoms with Crippen molar-refractivity contribution in [2.24, 2.45) is 23.7 Å². The molecular formula is C34H42O8. The van der Waals surface area contributed by atoms with Crippen molar-refractivity contribution >= 4 is 23.7 Å². The van der Waals surface area contributed by atoms with E-state index in [1.54, 1.807) is 55.6 Å². The molecule has 0 amide bonds. The van der Waals surface area contributed by atoms with Gasteiger partial charge in [-0.15, -0.1) is 0 Å². The number of ketones is 1. The Morgan fingerprint density at radius 2 is 0.905 bits per heavy atom. The summed E-state index contributed by atoms with van der Waals surface area (Å²) in [6.07, 6.45) is 7.75. The highest BCUT2D eigenvalue weighted by Gasteiger charge is 2.25. The van der Waals surface area contributed by atoms with Gasteiger partial charge in [-0.25, -0.2) is 14.4 Å². The summed E-state index contributed by atoms with van der Waals surface area (Å²) in [5.41, 5.74) is 1.67. The van der Waals surface area contributed by atoms with Crippen LogP contribution in [0.3, 0.4) is 0 Å². The minimum Gasteiger partial charge on any atom is -0.462 e. The number of Topliss-reactive ketones (excluding diaryl/α,β-unsaturated/α-hetero) is 1. The lowest BCUT2D eigenvalue weighted by molar-refractivity contribution is 0.0296. The van der Waals surface area contributed by atoms with Crippen molar-refractivity contribution < 1.29 is 38.1 Å². The molecule has 2 aromatic carbocycles. The molecule has 0 heterocycles. The average molecular weight is 579 g/mol. The van der Waals surface area contributed by atoms with Gasteiger partial charge >= 0.3 is 17.9 Å². The van der Waals surface area contributed by atoms with Crippen LogP contribution in [0.2, 0.25) is 0 Å². The standard InChI is InChI=1S/C34H42O8/c1-23(35)28-14-16-29(17-15-28)32(36)40-20-26-10-12-27(13-11-26)22-42-34(38)31-5-3-4-30(18-31)33(37)41-21-25-8-6-24(7-9-25)19-39-2/h3-5,14-18,24-27H,6-13,19-22H2,1-2H3. The number of benzene rings is 2. The molecule has 226 valence electrons. The molecule has 0 bridgehead atoms. The lowest BCUT2D eigenvalue weighted by Gasteiger charge is -2.28. The van der Waals surface area contributed by atoms with Crippen LogP contribution in [-0.2, 0) is 18.9 Å². The second-order valence-electron chi connectivity index (χ2n) is 11.7. The third-order valence-electron chi connectivity index (χ3n) is 8.55. The molecule has 42 heavy (non-hydrogen) atoms. The van der Waals surface area contributed by atoms with Crippen molar-refractivity contribution in [1.82, 2.24) is 0 Å². The summed E-state index contributed by atoms with van der Waals surface area (Å²) in [5.74, 6) is 0.152. The second-order valence-corrected chi connectivity index (χ2v) is 11.7. The van der Waals surface area contributed by atoms with Gasteiger partial charge in [0.1, 0.15) is 0 Å². The second kappa shape index (κ2) is 15.6. The van der Waals surface area contributed by atoms with Gasteiger partial charge in [-0.3, -0.25) is 4.79 Å². The van der Waals surface area contributed by atoms with E-state index < -0.39 is 17.9 Å². The summed E-state index contributed by atoms with van der Waals surface area (Å²) in [6.45, 7) is 3.32. The Labute approximate surface area is 248 Å². The van der Waals surface area contributed by atoms with Gasteiger partial charge < -0.3 is 18.9 Å². The molecule has 0 N–H and O–H groups in total. The molecule has 2 aliphatic carbocycles. The van der Waals surface area contributed by atoms with E-state index in [4.69, 9.17) is 18.9 Å². The summed E-state index contributed by atoms with van der Waals surface area (Å²) in [6, 6.07) is 13.0. The van der Waals surface area contributed by atoms with Crippen LogP contribution in [0.1, 0.15) is 99.7 Å². The van der Waals surface area contributed by atoms with Gasteiger partial charge in [0.05, 0.1) is 36.5 Å². The molecule has 0 aliphatic heterocycles. The predicted octanol–water partition coefficient (Wildman–Crippen LogP) is 6.32. The first-order chi connectivity index (χ1) is 20.3. The molecule has 2 fully saturated rings. The van der Waals surface area contributed by atoms with Crippen LogP contribution in [0.5, 0.6) is 0 Å². The SMILES string of the molecule is COCC1CCC(COC(=O)c2cccc(C(=O)OCC3CCC(COC(=O)c4ccc(C(C)=O)cc4)CC3)c2)CC1. The fraction of sp³-hybridized carbons (Fsp3) is 0.529. The zero-order valence-electron chi connectivity index (χ0n) is 24.7. The molecule has 8 heteroatoms. The smallest absolute Gasteiger partial charge is 0.338 e. The van der Waals surface area contributed by atoms with E-state index in [0.717, 1.165) is 58.0 Å².